The molecule has 1 aromatic heterocycles. The van der Waals surface area contributed by atoms with Crippen LogP contribution in [0, 0.1) is 0 Å². The predicted molar refractivity (Wildman–Crippen MR) is 106 cm³/mol. The van der Waals surface area contributed by atoms with Gasteiger partial charge < -0.3 is 25.6 Å². The summed E-state index contributed by atoms with van der Waals surface area (Å²) in [7, 11) is 5.66. The average molecular weight is 364 g/mol. The molecule has 1 aromatic rings. The van der Waals surface area contributed by atoms with E-state index in [-0.39, 0.29) is 0 Å². The molecule has 0 radical (unpaired) electrons. The summed E-state index contributed by atoms with van der Waals surface area (Å²) in [5.41, 5.74) is 0.645. The van der Waals surface area contributed by atoms with Crippen LogP contribution in [-0.2, 0) is 11.3 Å². The molecular formula is C18H32N6O2. The summed E-state index contributed by atoms with van der Waals surface area (Å²) >= 11 is 0. The summed E-state index contributed by atoms with van der Waals surface area (Å²) in [4.78, 5) is 22.0. The monoisotopic (exact) mass is 364 g/mol. The van der Waals surface area contributed by atoms with E-state index in [1.807, 2.05) is 51.9 Å². The van der Waals surface area contributed by atoms with Crippen LogP contribution >= 0.6 is 0 Å². The molecule has 146 valence electrons. The third-order valence-corrected chi connectivity index (χ3v) is 3.27. The first kappa shape index (κ1) is 21.5. The molecular weight excluding hydrogens is 332 g/mol. The predicted octanol–water partition coefficient (Wildman–Crippen LogP) is 1.73. The Morgan fingerprint density at radius 3 is 2.54 bits per heavy atom. The van der Waals surface area contributed by atoms with Gasteiger partial charge in [-0.3, -0.25) is 4.99 Å². The van der Waals surface area contributed by atoms with Crippen molar-refractivity contribution in [2.45, 2.75) is 39.3 Å². The van der Waals surface area contributed by atoms with Gasteiger partial charge in [-0.25, -0.2) is 9.78 Å². The van der Waals surface area contributed by atoms with Crippen LogP contribution < -0.4 is 20.9 Å². The summed E-state index contributed by atoms with van der Waals surface area (Å²) in [5, 5.41) is 9.22. The fourth-order valence-corrected chi connectivity index (χ4v) is 2.02. The number of ether oxygens (including phenoxy) is 1. The number of alkyl carbamates (subject to hydrolysis) is 1. The first-order valence-electron chi connectivity index (χ1n) is 8.75. The minimum atomic E-state index is -0.478. The van der Waals surface area contributed by atoms with Crippen LogP contribution in [0.5, 0.6) is 0 Å². The average Bonchev–Trinajstić information content (AvgIpc) is 2.56. The number of nitrogens with zero attached hydrogens (tertiary/aromatic N) is 3. The fourth-order valence-electron chi connectivity index (χ4n) is 2.02. The van der Waals surface area contributed by atoms with Crippen LogP contribution in [-0.4, -0.2) is 56.9 Å². The number of amides is 1. The molecule has 0 aliphatic rings. The Bertz CT molecular complexity index is 596. The number of anilines is 1. The van der Waals surface area contributed by atoms with E-state index < -0.39 is 11.7 Å². The smallest absolute Gasteiger partial charge is 0.407 e. The van der Waals surface area contributed by atoms with Crippen molar-refractivity contribution < 1.29 is 9.53 Å². The van der Waals surface area contributed by atoms with Gasteiger partial charge in [0.2, 0.25) is 0 Å². The molecule has 0 saturated carbocycles. The zero-order valence-electron chi connectivity index (χ0n) is 16.7. The summed E-state index contributed by atoms with van der Waals surface area (Å²) < 4.78 is 5.19. The van der Waals surface area contributed by atoms with Crippen LogP contribution in [0.25, 0.3) is 0 Å². The number of hydrogen-bond acceptors (Lipinski definition) is 5. The maximum Gasteiger partial charge on any atom is 0.407 e. The molecule has 1 rings (SSSR count). The van der Waals surface area contributed by atoms with Gasteiger partial charge in [-0.1, -0.05) is 0 Å². The number of guanidine groups is 1. The maximum atomic E-state index is 11.5. The van der Waals surface area contributed by atoms with E-state index in [9.17, 15) is 4.79 Å². The third-order valence-electron chi connectivity index (χ3n) is 3.27. The zero-order valence-corrected chi connectivity index (χ0v) is 16.7. The maximum absolute atomic E-state index is 11.5. The Balaban J connectivity index is 2.27. The van der Waals surface area contributed by atoms with Crippen LogP contribution in [0.1, 0.15) is 32.8 Å². The summed E-state index contributed by atoms with van der Waals surface area (Å²) in [6.45, 7) is 7.40. The van der Waals surface area contributed by atoms with Gasteiger partial charge in [0.15, 0.2) is 5.96 Å². The topological polar surface area (TPSA) is 90.9 Å². The number of pyridine rings is 1. The van der Waals surface area contributed by atoms with Crippen LogP contribution in [0.2, 0.25) is 0 Å². The molecule has 1 amide bonds. The largest absolute Gasteiger partial charge is 0.444 e. The fraction of sp³-hybridized carbons (Fsp3) is 0.611. The Labute approximate surface area is 156 Å². The van der Waals surface area contributed by atoms with E-state index in [1.54, 1.807) is 13.2 Å². The van der Waals surface area contributed by atoms with E-state index in [1.165, 1.54) is 0 Å². The number of nitrogens with one attached hydrogen (secondary N) is 3. The third kappa shape index (κ3) is 9.10. The van der Waals surface area contributed by atoms with Crippen molar-refractivity contribution in [1.82, 2.24) is 20.9 Å². The van der Waals surface area contributed by atoms with Gasteiger partial charge in [0.1, 0.15) is 11.4 Å². The van der Waals surface area contributed by atoms with Crippen LogP contribution in [0.15, 0.2) is 23.3 Å². The van der Waals surface area contributed by atoms with E-state index in [0.29, 0.717) is 25.6 Å². The van der Waals surface area contributed by atoms with Crippen molar-refractivity contribution >= 4 is 17.9 Å². The molecule has 3 N–H and O–H groups in total. The number of aromatic nitrogens is 1. The van der Waals surface area contributed by atoms with Crippen LogP contribution in [0.4, 0.5) is 10.6 Å². The van der Waals surface area contributed by atoms with Gasteiger partial charge in [0, 0.05) is 47.0 Å². The standard InChI is InChI=1S/C18H32N6O2/c1-18(2,3)26-17(25)22-10-7-9-21-16(19-4)23-13-14-8-11-20-15(12-14)24(5)6/h8,11-12H,7,9-10,13H2,1-6H3,(H,22,25)(H2,19,21,23). The second kappa shape index (κ2) is 10.5. The lowest BCUT2D eigenvalue weighted by Crippen LogP contribution is -2.39. The highest BCUT2D eigenvalue weighted by Gasteiger charge is 2.15. The van der Waals surface area contributed by atoms with Gasteiger partial charge >= 0.3 is 6.09 Å². The number of hydrogen-bond donors (Lipinski definition) is 3. The van der Waals surface area contributed by atoms with Crippen molar-refractivity contribution in [3.63, 3.8) is 0 Å². The summed E-state index contributed by atoms with van der Waals surface area (Å²) in [6.07, 6.45) is 2.17. The van der Waals surface area contributed by atoms with Gasteiger partial charge in [-0.05, 0) is 44.9 Å². The van der Waals surface area contributed by atoms with Crippen LogP contribution in [0.3, 0.4) is 0 Å². The van der Waals surface area contributed by atoms with Crippen molar-refractivity contribution in [2.75, 3.05) is 39.1 Å². The normalized spacial score (nSPS) is 11.7. The van der Waals surface area contributed by atoms with E-state index in [4.69, 9.17) is 4.74 Å². The highest BCUT2D eigenvalue weighted by molar-refractivity contribution is 5.79. The van der Waals surface area contributed by atoms with Gasteiger partial charge in [-0.2, -0.15) is 0 Å². The molecule has 0 aliphatic heterocycles. The molecule has 8 nitrogen and oxygen atoms in total. The molecule has 1 heterocycles. The number of aliphatic imine (C=N–C) groups is 1. The van der Waals surface area contributed by atoms with Gasteiger partial charge in [-0.15, -0.1) is 0 Å². The molecule has 0 fully saturated rings. The lowest BCUT2D eigenvalue weighted by atomic mass is 10.2. The first-order valence-corrected chi connectivity index (χ1v) is 8.75. The molecule has 0 saturated heterocycles. The van der Waals surface area contributed by atoms with Gasteiger partial charge in [0.25, 0.3) is 0 Å². The SMILES string of the molecule is CN=C(NCCCNC(=O)OC(C)(C)C)NCc1ccnc(N(C)C)c1. The zero-order chi connectivity index (χ0) is 19.6. The van der Waals surface area contributed by atoms with Gasteiger partial charge in [0.05, 0.1) is 0 Å². The van der Waals surface area contributed by atoms with Crippen molar-refractivity contribution in [1.29, 1.82) is 0 Å². The second-order valence-corrected chi connectivity index (χ2v) is 7.05. The molecule has 0 atom stereocenters. The number of carbonyl (C=O) groups is 1. The summed E-state index contributed by atoms with van der Waals surface area (Å²) in [5.74, 6) is 1.63. The lowest BCUT2D eigenvalue weighted by molar-refractivity contribution is 0.0527. The number of carbonyl (C=O) groups excluding carboxylic acids is 1. The minimum absolute atomic E-state index is 0.394. The minimum Gasteiger partial charge on any atom is -0.444 e. The Morgan fingerprint density at radius 1 is 1.23 bits per heavy atom. The first-order chi connectivity index (χ1) is 12.2. The Kier molecular flexibility index (Phi) is 8.67. The molecule has 8 heteroatoms. The lowest BCUT2D eigenvalue weighted by Gasteiger charge is -2.19. The van der Waals surface area contributed by atoms with Crippen molar-refractivity contribution in [3.8, 4) is 0 Å². The molecule has 0 spiro atoms. The van der Waals surface area contributed by atoms with E-state index >= 15 is 0 Å². The van der Waals surface area contributed by atoms with E-state index in [2.05, 4.69) is 25.9 Å². The van der Waals surface area contributed by atoms with Crippen molar-refractivity contribution in [3.05, 3.63) is 23.9 Å². The Hall–Kier alpha value is -2.51. The summed E-state index contributed by atoms with van der Waals surface area (Å²) in [6, 6.07) is 4.00. The van der Waals surface area contributed by atoms with Crippen molar-refractivity contribution in [2.24, 2.45) is 4.99 Å². The highest BCUT2D eigenvalue weighted by Crippen LogP contribution is 2.09. The Morgan fingerprint density at radius 2 is 1.92 bits per heavy atom. The second-order valence-electron chi connectivity index (χ2n) is 7.05. The molecule has 0 unspecified atom stereocenters. The molecule has 0 bridgehead atoms. The number of rotatable bonds is 7. The highest BCUT2D eigenvalue weighted by atomic mass is 16.6. The van der Waals surface area contributed by atoms with E-state index in [0.717, 1.165) is 17.8 Å². The molecule has 0 aliphatic carbocycles. The molecule has 0 aromatic carbocycles. The quantitative estimate of drug-likeness (QED) is 0.388. The molecule has 26 heavy (non-hydrogen) atoms.